The topological polar surface area (TPSA) is 42.9 Å². The third-order valence-electron chi connectivity index (χ3n) is 3.62. The number of aldehydes is 1. The van der Waals surface area contributed by atoms with Gasteiger partial charge in [0.2, 0.25) is 0 Å². The molecule has 0 atom stereocenters. The summed E-state index contributed by atoms with van der Waals surface area (Å²) >= 11 is 0. The number of nitrogens with zero attached hydrogens (tertiary/aromatic N) is 2. The molecule has 1 aromatic carbocycles. The third-order valence-corrected chi connectivity index (χ3v) is 3.62. The summed E-state index contributed by atoms with van der Waals surface area (Å²) in [5, 5.41) is 0. The maximum Gasteiger partial charge on any atom is 0.193 e. The molecule has 1 heterocycles. The van der Waals surface area contributed by atoms with Crippen molar-refractivity contribution in [3.05, 3.63) is 46.9 Å². The monoisotopic (exact) mass is 252 g/mol. The number of fused-ring (bicyclic) bond motifs is 1. The van der Waals surface area contributed by atoms with E-state index in [0.717, 1.165) is 23.4 Å². The van der Waals surface area contributed by atoms with Crippen molar-refractivity contribution in [2.75, 3.05) is 0 Å². The fraction of sp³-hybridized carbons (Fsp3) is 0.312. The molecule has 0 unspecified atom stereocenters. The van der Waals surface area contributed by atoms with Crippen LogP contribution in [0, 0.1) is 6.92 Å². The third kappa shape index (κ3) is 2.41. The predicted octanol–water partition coefficient (Wildman–Crippen LogP) is 3.14. The summed E-state index contributed by atoms with van der Waals surface area (Å²) in [5.41, 5.74) is 5.62. The number of hydrogen-bond acceptors (Lipinski definition) is 3. The fourth-order valence-electron chi connectivity index (χ4n) is 2.68. The summed E-state index contributed by atoms with van der Waals surface area (Å²) in [7, 11) is 0. The molecule has 0 amide bonds. The van der Waals surface area contributed by atoms with Crippen molar-refractivity contribution in [2.45, 2.75) is 32.6 Å². The zero-order valence-corrected chi connectivity index (χ0v) is 11.0. The number of benzene rings is 1. The largest absolute Gasteiger partial charge is 0.294 e. The van der Waals surface area contributed by atoms with Crippen LogP contribution in [0.15, 0.2) is 24.3 Å². The van der Waals surface area contributed by atoms with Gasteiger partial charge in [-0.05, 0) is 55.9 Å². The van der Waals surface area contributed by atoms with E-state index >= 15 is 0 Å². The number of carbonyl (C=O) groups is 1. The zero-order chi connectivity index (χ0) is 13.2. The Morgan fingerprint density at radius 3 is 2.63 bits per heavy atom. The molecule has 1 aliphatic carbocycles. The Balaban J connectivity index is 2.06. The molecular weight excluding hydrogens is 236 g/mol. The summed E-state index contributed by atoms with van der Waals surface area (Å²) in [4.78, 5) is 19.2. The van der Waals surface area contributed by atoms with E-state index in [4.69, 9.17) is 0 Å². The van der Waals surface area contributed by atoms with Crippen molar-refractivity contribution in [3.8, 4) is 11.3 Å². The van der Waals surface area contributed by atoms with E-state index in [1.807, 2.05) is 13.0 Å². The second-order valence-corrected chi connectivity index (χ2v) is 5.06. The second-order valence-electron chi connectivity index (χ2n) is 5.06. The highest BCUT2D eigenvalue weighted by molar-refractivity contribution is 5.71. The molecule has 0 radical (unpaired) electrons. The molecule has 1 aliphatic rings. The van der Waals surface area contributed by atoms with Crippen molar-refractivity contribution < 1.29 is 4.79 Å². The van der Waals surface area contributed by atoms with Gasteiger partial charge in [-0.15, -0.1) is 0 Å². The molecule has 1 aromatic heterocycles. The SMILES string of the molecule is Cc1cc(-c2ccc3c(c2)CCCC3)nc(C=O)n1. The highest BCUT2D eigenvalue weighted by Gasteiger charge is 2.11. The first kappa shape index (κ1) is 12.0. The van der Waals surface area contributed by atoms with Crippen LogP contribution >= 0.6 is 0 Å². The standard InChI is InChI=1S/C16H16N2O/c1-11-8-15(18-16(10-19)17-11)14-7-6-12-4-2-3-5-13(12)9-14/h6-10H,2-5H2,1H3. The fourth-order valence-corrected chi connectivity index (χ4v) is 2.68. The Kier molecular flexibility index (Phi) is 3.11. The highest BCUT2D eigenvalue weighted by atomic mass is 16.1. The second kappa shape index (κ2) is 4.92. The molecule has 19 heavy (non-hydrogen) atoms. The first-order valence-electron chi connectivity index (χ1n) is 6.69. The van der Waals surface area contributed by atoms with Gasteiger partial charge < -0.3 is 0 Å². The highest BCUT2D eigenvalue weighted by Crippen LogP contribution is 2.26. The van der Waals surface area contributed by atoms with Gasteiger partial charge in [-0.3, -0.25) is 4.79 Å². The van der Waals surface area contributed by atoms with Crippen molar-refractivity contribution in [3.63, 3.8) is 0 Å². The molecule has 0 aliphatic heterocycles. The van der Waals surface area contributed by atoms with Crippen LogP contribution in [0.2, 0.25) is 0 Å². The number of carbonyl (C=O) groups excluding carboxylic acids is 1. The van der Waals surface area contributed by atoms with Gasteiger partial charge in [0.05, 0.1) is 5.69 Å². The lowest BCUT2D eigenvalue weighted by Crippen LogP contribution is -2.03. The number of aromatic nitrogens is 2. The van der Waals surface area contributed by atoms with E-state index in [1.54, 1.807) is 0 Å². The Morgan fingerprint density at radius 1 is 1.05 bits per heavy atom. The summed E-state index contributed by atoms with van der Waals surface area (Å²) in [6, 6.07) is 8.44. The minimum Gasteiger partial charge on any atom is -0.294 e. The Morgan fingerprint density at radius 2 is 1.84 bits per heavy atom. The molecule has 3 nitrogen and oxygen atoms in total. The maximum atomic E-state index is 10.8. The first-order valence-corrected chi connectivity index (χ1v) is 6.69. The normalized spacial score (nSPS) is 13.9. The van der Waals surface area contributed by atoms with Crippen molar-refractivity contribution in [1.29, 1.82) is 0 Å². The molecule has 96 valence electrons. The molecular formula is C16H16N2O. The molecule has 2 aromatic rings. The van der Waals surface area contributed by atoms with Crippen LogP contribution in [0.5, 0.6) is 0 Å². The van der Waals surface area contributed by atoms with E-state index in [-0.39, 0.29) is 5.82 Å². The van der Waals surface area contributed by atoms with Gasteiger partial charge in [-0.1, -0.05) is 12.1 Å². The molecule has 0 saturated heterocycles. The van der Waals surface area contributed by atoms with Crippen LogP contribution in [-0.4, -0.2) is 16.3 Å². The molecule has 0 N–H and O–H groups in total. The van der Waals surface area contributed by atoms with E-state index in [0.29, 0.717) is 6.29 Å². The maximum absolute atomic E-state index is 10.8. The molecule has 3 rings (SSSR count). The lowest BCUT2D eigenvalue weighted by Gasteiger charge is -2.16. The van der Waals surface area contributed by atoms with Gasteiger partial charge >= 0.3 is 0 Å². The van der Waals surface area contributed by atoms with Crippen LogP contribution in [0.1, 0.15) is 40.3 Å². The zero-order valence-electron chi connectivity index (χ0n) is 11.0. The lowest BCUT2D eigenvalue weighted by atomic mass is 9.90. The lowest BCUT2D eigenvalue weighted by molar-refractivity contribution is 0.111. The molecule has 0 bridgehead atoms. The minimum atomic E-state index is 0.257. The summed E-state index contributed by atoms with van der Waals surface area (Å²) in [6.07, 6.45) is 5.58. The first-order chi connectivity index (χ1) is 9.26. The number of rotatable bonds is 2. The Hall–Kier alpha value is -2.03. The smallest absolute Gasteiger partial charge is 0.193 e. The van der Waals surface area contributed by atoms with Crippen LogP contribution in [0.25, 0.3) is 11.3 Å². The van der Waals surface area contributed by atoms with Gasteiger partial charge in [-0.25, -0.2) is 9.97 Å². The number of aryl methyl sites for hydroxylation is 3. The van der Waals surface area contributed by atoms with Crippen LogP contribution in [0.3, 0.4) is 0 Å². The number of hydrogen-bond donors (Lipinski definition) is 0. The van der Waals surface area contributed by atoms with Gasteiger partial charge in [0.1, 0.15) is 0 Å². The van der Waals surface area contributed by atoms with E-state index in [9.17, 15) is 4.79 Å². The summed E-state index contributed by atoms with van der Waals surface area (Å²) in [5.74, 6) is 0.257. The molecule has 0 spiro atoms. The molecule has 3 heteroatoms. The predicted molar refractivity (Wildman–Crippen MR) is 74.2 cm³/mol. The van der Waals surface area contributed by atoms with Gasteiger partial charge in [0.25, 0.3) is 0 Å². The van der Waals surface area contributed by atoms with Crippen molar-refractivity contribution in [2.24, 2.45) is 0 Å². The van der Waals surface area contributed by atoms with E-state index in [2.05, 4.69) is 28.2 Å². The van der Waals surface area contributed by atoms with E-state index < -0.39 is 0 Å². The van der Waals surface area contributed by atoms with Crippen LogP contribution < -0.4 is 0 Å². The van der Waals surface area contributed by atoms with Crippen molar-refractivity contribution >= 4 is 6.29 Å². The average Bonchev–Trinajstić information content (AvgIpc) is 2.46. The van der Waals surface area contributed by atoms with Gasteiger partial charge in [0, 0.05) is 11.3 Å². The quantitative estimate of drug-likeness (QED) is 0.771. The molecule has 0 fully saturated rings. The van der Waals surface area contributed by atoms with Crippen LogP contribution in [0.4, 0.5) is 0 Å². The molecule has 0 saturated carbocycles. The van der Waals surface area contributed by atoms with Crippen LogP contribution in [-0.2, 0) is 12.8 Å². The Labute approximate surface area is 112 Å². The Bertz CT molecular complexity index is 635. The van der Waals surface area contributed by atoms with Gasteiger partial charge in [0.15, 0.2) is 12.1 Å². The minimum absolute atomic E-state index is 0.257. The average molecular weight is 252 g/mol. The summed E-state index contributed by atoms with van der Waals surface area (Å²) < 4.78 is 0. The van der Waals surface area contributed by atoms with Gasteiger partial charge in [-0.2, -0.15) is 0 Å². The van der Waals surface area contributed by atoms with E-state index in [1.165, 1.54) is 30.4 Å². The van der Waals surface area contributed by atoms with Crippen molar-refractivity contribution in [1.82, 2.24) is 9.97 Å². The summed E-state index contributed by atoms with van der Waals surface area (Å²) in [6.45, 7) is 1.89.